The number of benzene rings is 3. The number of nitrogens with one attached hydrogen (secondary N) is 1. The molecule has 0 saturated carbocycles. The summed E-state index contributed by atoms with van der Waals surface area (Å²) < 4.78 is 5.73. The van der Waals surface area contributed by atoms with Crippen molar-refractivity contribution < 1.29 is 19.4 Å². The normalized spacial score (nSPS) is 10.6. The van der Waals surface area contributed by atoms with E-state index in [-0.39, 0.29) is 11.3 Å². The number of carbonyl (C=O) groups excluding carboxylic acids is 1. The van der Waals surface area contributed by atoms with E-state index < -0.39 is 11.9 Å². The minimum absolute atomic E-state index is 0.0455. The zero-order valence-electron chi connectivity index (χ0n) is 15.0. The van der Waals surface area contributed by atoms with Gasteiger partial charge in [0.1, 0.15) is 12.4 Å². The maximum absolute atomic E-state index is 12.1. The molecule has 0 radical (unpaired) electrons. The van der Waals surface area contributed by atoms with E-state index in [2.05, 4.69) is 5.32 Å². The number of amides is 1. The molecule has 0 atom stereocenters. The van der Waals surface area contributed by atoms with Crippen LogP contribution < -0.4 is 10.1 Å². The van der Waals surface area contributed by atoms with Gasteiger partial charge >= 0.3 is 5.97 Å². The fraction of sp³-hybridized carbons (Fsp3) is 0.0435. The lowest BCUT2D eigenvalue weighted by molar-refractivity contribution is -0.111. The SMILES string of the molecule is O=C(/C=C/c1ccc(OCc2ccccc2)cc1)Nc1ccccc1C(=O)O. The highest BCUT2D eigenvalue weighted by atomic mass is 16.5. The van der Waals surface area contributed by atoms with Gasteiger partial charge in [-0.25, -0.2) is 4.79 Å². The van der Waals surface area contributed by atoms with Gasteiger partial charge in [-0.05, 0) is 41.5 Å². The van der Waals surface area contributed by atoms with Gasteiger partial charge in [-0.2, -0.15) is 0 Å². The molecular formula is C23H19NO4. The van der Waals surface area contributed by atoms with Gasteiger partial charge in [-0.3, -0.25) is 4.79 Å². The van der Waals surface area contributed by atoms with Crippen LogP contribution >= 0.6 is 0 Å². The molecule has 3 aromatic rings. The summed E-state index contributed by atoms with van der Waals surface area (Å²) >= 11 is 0. The molecule has 5 heteroatoms. The fourth-order valence-corrected chi connectivity index (χ4v) is 2.54. The molecule has 0 aliphatic heterocycles. The molecule has 1 amide bonds. The summed E-state index contributed by atoms with van der Waals surface area (Å²) in [5.41, 5.74) is 2.22. The molecule has 0 heterocycles. The molecule has 0 aliphatic rings. The van der Waals surface area contributed by atoms with Gasteiger partial charge in [0.05, 0.1) is 11.3 Å². The fourth-order valence-electron chi connectivity index (χ4n) is 2.54. The number of hydrogen-bond acceptors (Lipinski definition) is 3. The van der Waals surface area contributed by atoms with Crippen LogP contribution in [0.4, 0.5) is 5.69 Å². The Hall–Kier alpha value is -3.86. The van der Waals surface area contributed by atoms with Crippen LogP contribution in [0.15, 0.2) is 84.9 Å². The molecule has 28 heavy (non-hydrogen) atoms. The third kappa shape index (κ3) is 5.32. The van der Waals surface area contributed by atoms with Gasteiger partial charge in [-0.15, -0.1) is 0 Å². The first-order valence-corrected chi connectivity index (χ1v) is 8.70. The molecule has 0 saturated heterocycles. The smallest absolute Gasteiger partial charge is 0.337 e. The van der Waals surface area contributed by atoms with E-state index >= 15 is 0 Å². The number of carboxylic acid groups (broad SMARTS) is 1. The number of rotatable bonds is 7. The second-order valence-corrected chi connectivity index (χ2v) is 6.02. The Morgan fingerprint density at radius 1 is 0.893 bits per heavy atom. The van der Waals surface area contributed by atoms with Gasteiger partial charge in [0, 0.05) is 6.08 Å². The summed E-state index contributed by atoms with van der Waals surface area (Å²) in [6.07, 6.45) is 3.01. The standard InChI is InChI=1S/C23H19NO4/c25-22(24-21-9-5-4-8-20(21)23(26)27)15-12-17-10-13-19(14-11-17)28-16-18-6-2-1-3-7-18/h1-15H,16H2,(H,24,25)(H,26,27)/b15-12+. The van der Waals surface area contributed by atoms with Crippen molar-refractivity contribution in [2.24, 2.45) is 0 Å². The molecule has 0 fully saturated rings. The maximum Gasteiger partial charge on any atom is 0.337 e. The minimum Gasteiger partial charge on any atom is -0.489 e. The average Bonchev–Trinajstić information content (AvgIpc) is 2.72. The van der Waals surface area contributed by atoms with E-state index in [9.17, 15) is 9.59 Å². The van der Waals surface area contributed by atoms with Crippen LogP contribution in [0.1, 0.15) is 21.5 Å². The van der Waals surface area contributed by atoms with Crippen molar-refractivity contribution in [1.29, 1.82) is 0 Å². The molecule has 5 nitrogen and oxygen atoms in total. The lowest BCUT2D eigenvalue weighted by Crippen LogP contribution is -2.11. The molecule has 0 bridgehead atoms. The molecule has 0 aromatic heterocycles. The second kappa shape index (κ2) is 9.19. The number of carbonyl (C=O) groups is 2. The van der Waals surface area contributed by atoms with Crippen molar-refractivity contribution in [3.05, 3.63) is 102 Å². The summed E-state index contributed by atoms with van der Waals surface area (Å²) in [5.74, 6) is -0.759. The minimum atomic E-state index is -1.09. The van der Waals surface area contributed by atoms with Crippen LogP contribution in [0.25, 0.3) is 6.08 Å². The highest BCUT2D eigenvalue weighted by molar-refractivity contribution is 6.06. The van der Waals surface area contributed by atoms with E-state index in [1.807, 2.05) is 54.6 Å². The first kappa shape index (κ1) is 18.9. The van der Waals surface area contributed by atoms with Crippen molar-refractivity contribution in [2.75, 3.05) is 5.32 Å². The molecule has 140 valence electrons. The summed E-state index contributed by atoms with van der Waals surface area (Å²) in [6.45, 7) is 0.488. The zero-order valence-corrected chi connectivity index (χ0v) is 15.0. The van der Waals surface area contributed by atoms with Crippen LogP contribution in [0.5, 0.6) is 5.75 Å². The van der Waals surface area contributed by atoms with Gasteiger partial charge in [0.25, 0.3) is 0 Å². The number of para-hydroxylation sites is 1. The Bertz CT molecular complexity index is 979. The van der Waals surface area contributed by atoms with Crippen molar-refractivity contribution in [3.8, 4) is 5.75 Å². The van der Waals surface area contributed by atoms with Crippen molar-refractivity contribution in [1.82, 2.24) is 0 Å². The highest BCUT2D eigenvalue weighted by Gasteiger charge is 2.10. The summed E-state index contributed by atoms with van der Waals surface area (Å²) in [4.78, 5) is 23.2. The lowest BCUT2D eigenvalue weighted by atomic mass is 10.1. The maximum atomic E-state index is 12.1. The largest absolute Gasteiger partial charge is 0.489 e. The van der Waals surface area contributed by atoms with Crippen molar-refractivity contribution in [3.63, 3.8) is 0 Å². The molecule has 0 aliphatic carbocycles. The zero-order chi connectivity index (χ0) is 19.8. The van der Waals surface area contributed by atoms with Crippen molar-refractivity contribution in [2.45, 2.75) is 6.61 Å². The van der Waals surface area contributed by atoms with Crippen LogP contribution in [-0.4, -0.2) is 17.0 Å². The molecule has 0 unspecified atom stereocenters. The number of hydrogen-bond donors (Lipinski definition) is 2. The first-order chi connectivity index (χ1) is 13.6. The van der Waals surface area contributed by atoms with E-state index in [0.717, 1.165) is 16.9 Å². The Kier molecular flexibility index (Phi) is 6.21. The average molecular weight is 373 g/mol. The van der Waals surface area contributed by atoms with E-state index in [1.165, 1.54) is 12.1 Å². The number of anilines is 1. The van der Waals surface area contributed by atoms with E-state index in [4.69, 9.17) is 9.84 Å². The van der Waals surface area contributed by atoms with Gasteiger partial charge in [-0.1, -0.05) is 54.6 Å². The topological polar surface area (TPSA) is 75.6 Å². The monoisotopic (exact) mass is 373 g/mol. The van der Waals surface area contributed by atoms with E-state index in [1.54, 1.807) is 24.3 Å². The number of ether oxygens (including phenoxy) is 1. The van der Waals surface area contributed by atoms with Crippen LogP contribution in [0.3, 0.4) is 0 Å². The van der Waals surface area contributed by atoms with Crippen molar-refractivity contribution >= 4 is 23.6 Å². The molecule has 0 spiro atoms. The third-order valence-electron chi connectivity index (χ3n) is 3.97. The molecule has 2 N–H and O–H groups in total. The van der Waals surface area contributed by atoms with Crippen LogP contribution in [0, 0.1) is 0 Å². The predicted molar refractivity (Wildman–Crippen MR) is 108 cm³/mol. The quantitative estimate of drug-likeness (QED) is 0.593. The predicted octanol–water partition coefficient (Wildman–Crippen LogP) is 4.62. The van der Waals surface area contributed by atoms with Crippen LogP contribution in [-0.2, 0) is 11.4 Å². The highest BCUT2D eigenvalue weighted by Crippen LogP contribution is 2.17. The first-order valence-electron chi connectivity index (χ1n) is 8.70. The Labute approximate surface area is 162 Å². The summed E-state index contributed by atoms with van der Waals surface area (Å²) in [7, 11) is 0. The molecular weight excluding hydrogens is 354 g/mol. The van der Waals surface area contributed by atoms with Crippen LogP contribution in [0.2, 0.25) is 0 Å². The second-order valence-electron chi connectivity index (χ2n) is 6.02. The third-order valence-corrected chi connectivity index (χ3v) is 3.97. The van der Waals surface area contributed by atoms with E-state index in [0.29, 0.717) is 6.61 Å². The van der Waals surface area contributed by atoms with Gasteiger partial charge in [0.15, 0.2) is 0 Å². The van der Waals surface area contributed by atoms with Gasteiger partial charge in [0.2, 0.25) is 5.91 Å². The summed E-state index contributed by atoms with van der Waals surface area (Å²) in [6, 6.07) is 23.5. The molecule has 3 aromatic carbocycles. The lowest BCUT2D eigenvalue weighted by Gasteiger charge is -2.07. The Morgan fingerprint density at radius 2 is 1.57 bits per heavy atom. The molecule has 3 rings (SSSR count). The number of carboxylic acids is 1. The number of aromatic carboxylic acids is 1. The Morgan fingerprint density at radius 3 is 2.29 bits per heavy atom. The summed E-state index contributed by atoms with van der Waals surface area (Å²) in [5, 5.41) is 11.7. The van der Waals surface area contributed by atoms with Gasteiger partial charge < -0.3 is 15.2 Å². The Balaban J connectivity index is 1.57.